The van der Waals surface area contributed by atoms with Crippen molar-refractivity contribution in [3.63, 3.8) is 0 Å². The van der Waals surface area contributed by atoms with Gasteiger partial charge in [-0.3, -0.25) is 4.90 Å². The van der Waals surface area contributed by atoms with E-state index in [0.29, 0.717) is 0 Å². The van der Waals surface area contributed by atoms with Gasteiger partial charge in [-0.2, -0.15) is 0 Å². The van der Waals surface area contributed by atoms with E-state index in [4.69, 9.17) is 10.5 Å². The van der Waals surface area contributed by atoms with Crippen LogP contribution >= 0.6 is 0 Å². The molecule has 0 saturated carbocycles. The van der Waals surface area contributed by atoms with Gasteiger partial charge in [0.1, 0.15) is 0 Å². The average molecular weight is 250 g/mol. The van der Waals surface area contributed by atoms with Crippen molar-refractivity contribution in [3.05, 3.63) is 35.4 Å². The van der Waals surface area contributed by atoms with Gasteiger partial charge in [0.2, 0.25) is 0 Å². The van der Waals surface area contributed by atoms with Crippen LogP contribution in [0.1, 0.15) is 31.0 Å². The third-order valence-corrected chi connectivity index (χ3v) is 3.33. The lowest BCUT2D eigenvalue weighted by Crippen LogP contribution is -2.34. The summed E-state index contributed by atoms with van der Waals surface area (Å²) in [4.78, 5) is 2.32. The molecule has 0 radical (unpaired) electrons. The molecule has 3 nitrogen and oxygen atoms in total. The molecule has 0 aromatic heterocycles. The van der Waals surface area contributed by atoms with Gasteiger partial charge in [-0.25, -0.2) is 0 Å². The van der Waals surface area contributed by atoms with Crippen molar-refractivity contribution in [3.8, 4) is 0 Å². The quantitative estimate of drug-likeness (QED) is 0.769. The summed E-state index contributed by atoms with van der Waals surface area (Å²) in [5.41, 5.74) is 8.82. The van der Waals surface area contributed by atoms with E-state index in [1.54, 1.807) is 7.11 Å². The van der Waals surface area contributed by atoms with Crippen LogP contribution in [0.4, 0.5) is 0 Å². The van der Waals surface area contributed by atoms with Gasteiger partial charge in [0.15, 0.2) is 0 Å². The predicted molar refractivity (Wildman–Crippen MR) is 76.7 cm³/mol. The molecule has 0 saturated heterocycles. The molecular weight excluding hydrogens is 224 g/mol. The molecule has 0 bridgehead atoms. The van der Waals surface area contributed by atoms with E-state index in [-0.39, 0.29) is 6.04 Å². The number of aryl methyl sites for hydroxylation is 1. The zero-order valence-electron chi connectivity index (χ0n) is 11.9. The molecule has 1 aromatic carbocycles. The number of nitrogens with zero attached hydrogens (tertiary/aromatic N) is 1. The lowest BCUT2D eigenvalue weighted by atomic mass is 10.0. The highest BCUT2D eigenvalue weighted by Gasteiger charge is 2.10. The van der Waals surface area contributed by atoms with Crippen LogP contribution in [0.15, 0.2) is 24.3 Å². The third-order valence-electron chi connectivity index (χ3n) is 3.33. The predicted octanol–water partition coefficient (Wildman–Crippen LogP) is 2.22. The summed E-state index contributed by atoms with van der Waals surface area (Å²) in [5.74, 6) is 0. The largest absolute Gasteiger partial charge is 0.383 e. The SMILES string of the molecule is CCc1ccc(C(N)CN(CC)CCOC)cc1. The Labute approximate surface area is 111 Å². The van der Waals surface area contributed by atoms with Crippen molar-refractivity contribution in [1.29, 1.82) is 0 Å². The van der Waals surface area contributed by atoms with Crippen molar-refractivity contribution in [1.82, 2.24) is 4.90 Å². The highest BCUT2D eigenvalue weighted by atomic mass is 16.5. The molecule has 2 N–H and O–H groups in total. The second-order valence-corrected chi connectivity index (χ2v) is 4.59. The minimum Gasteiger partial charge on any atom is -0.383 e. The Balaban J connectivity index is 2.53. The van der Waals surface area contributed by atoms with Crippen molar-refractivity contribution in [2.75, 3.05) is 33.4 Å². The number of ether oxygens (including phenoxy) is 1. The number of likely N-dealkylation sites (N-methyl/N-ethyl adjacent to an activating group) is 1. The van der Waals surface area contributed by atoms with Gasteiger partial charge >= 0.3 is 0 Å². The number of hydrogen-bond donors (Lipinski definition) is 1. The molecule has 18 heavy (non-hydrogen) atoms. The highest BCUT2D eigenvalue weighted by molar-refractivity contribution is 5.25. The van der Waals surface area contributed by atoms with Crippen LogP contribution in [0.2, 0.25) is 0 Å². The minimum absolute atomic E-state index is 0.0766. The summed E-state index contributed by atoms with van der Waals surface area (Å²) >= 11 is 0. The minimum atomic E-state index is 0.0766. The standard InChI is InChI=1S/C15H26N2O/c1-4-13-6-8-14(9-7-13)15(16)12-17(5-2)10-11-18-3/h6-9,15H,4-5,10-12,16H2,1-3H3. The average Bonchev–Trinajstić information content (AvgIpc) is 2.43. The van der Waals surface area contributed by atoms with Gasteiger partial charge in [0.05, 0.1) is 6.61 Å². The van der Waals surface area contributed by atoms with Crippen molar-refractivity contribution < 1.29 is 4.74 Å². The van der Waals surface area contributed by atoms with Gasteiger partial charge in [-0.15, -0.1) is 0 Å². The van der Waals surface area contributed by atoms with E-state index in [9.17, 15) is 0 Å². The maximum Gasteiger partial charge on any atom is 0.0589 e. The molecule has 3 heteroatoms. The number of hydrogen-bond acceptors (Lipinski definition) is 3. The molecule has 1 atom stereocenters. The van der Waals surface area contributed by atoms with Crippen molar-refractivity contribution in [2.45, 2.75) is 26.3 Å². The molecule has 0 aliphatic carbocycles. The molecule has 0 spiro atoms. The van der Waals surface area contributed by atoms with Crippen LogP contribution in [0.5, 0.6) is 0 Å². The van der Waals surface area contributed by atoms with E-state index >= 15 is 0 Å². The molecule has 0 aliphatic rings. The second-order valence-electron chi connectivity index (χ2n) is 4.59. The van der Waals surface area contributed by atoms with Gasteiger partial charge in [0.25, 0.3) is 0 Å². The number of methoxy groups -OCH3 is 1. The first-order valence-electron chi connectivity index (χ1n) is 6.76. The molecule has 0 aliphatic heterocycles. The van der Waals surface area contributed by atoms with Gasteiger partial charge in [-0.1, -0.05) is 38.1 Å². The molecule has 1 rings (SSSR count). The third kappa shape index (κ3) is 4.77. The second kappa shape index (κ2) is 8.25. The van der Waals surface area contributed by atoms with Crippen LogP contribution in [0.25, 0.3) is 0 Å². The first-order valence-corrected chi connectivity index (χ1v) is 6.76. The zero-order valence-corrected chi connectivity index (χ0v) is 11.9. The summed E-state index contributed by atoms with van der Waals surface area (Å²) in [5, 5.41) is 0. The normalized spacial score (nSPS) is 12.9. The van der Waals surface area contributed by atoms with Crippen LogP contribution in [-0.2, 0) is 11.2 Å². The first kappa shape index (κ1) is 15.2. The fourth-order valence-electron chi connectivity index (χ4n) is 1.98. The van der Waals surface area contributed by atoms with Crippen LogP contribution in [0.3, 0.4) is 0 Å². The Morgan fingerprint density at radius 2 is 1.89 bits per heavy atom. The summed E-state index contributed by atoms with van der Waals surface area (Å²) in [6.45, 7) is 7.90. The van der Waals surface area contributed by atoms with Crippen LogP contribution in [-0.4, -0.2) is 38.3 Å². The molecule has 1 aromatic rings. The van der Waals surface area contributed by atoms with Gasteiger partial charge < -0.3 is 10.5 Å². The van der Waals surface area contributed by atoms with Crippen LogP contribution < -0.4 is 5.73 Å². The zero-order chi connectivity index (χ0) is 13.4. The van der Waals surface area contributed by atoms with E-state index in [1.165, 1.54) is 11.1 Å². The van der Waals surface area contributed by atoms with Crippen LogP contribution in [0, 0.1) is 0 Å². The Morgan fingerprint density at radius 3 is 2.39 bits per heavy atom. The fourth-order valence-corrected chi connectivity index (χ4v) is 1.98. The maximum atomic E-state index is 6.25. The van der Waals surface area contributed by atoms with Gasteiger partial charge in [0, 0.05) is 26.2 Å². The summed E-state index contributed by atoms with van der Waals surface area (Å²) in [6.07, 6.45) is 1.07. The number of nitrogens with two attached hydrogens (primary N) is 1. The molecule has 102 valence electrons. The maximum absolute atomic E-state index is 6.25. The fraction of sp³-hybridized carbons (Fsp3) is 0.600. The lowest BCUT2D eigenvalue weighted by Gasteiger charge is -2.24. The molecular formula is C15H26N2O. The van der Waals surface area contributed by atoms with Crippen molar-refractivity contribution >= 4 is 0 Å². The van der Waals surface area contributed by atoms with E-state index < -0.39 is 0 Å². The smallest absolute Gasteiger partial charge is 0.0589 e. The Hall–Kier alpha value is -0.900. The Morgan fingerprint density at radius 1 is 1.22 bits per heavy atom. The molecule has 0 amide bonds. The number of benzene rings is 1. The van der Waals surface area contributed by atoms with Gasteiger partial charge in [-0.05, 0) is 24.1 Å². The summed E-state index contributed by atoms with van der Waals surface area (Å²) in [7, 11) is 1.73. The monoisotopic (exact) mass is 250 g/mol. The first-order chi connectivity index (χ1) is 8.71. The summed E-state index contributed by atoms with van der Waals surface area (Å²) in [6, 6.07) is 8.70. The van der Waals surface area contributed by atoms with E-state index in [2.05, 4.69) is 43.0 Å². The van der Waals surface area contributed by atoms with E-state index in [0.717, 1.165) is 32.7 Å². The van der Waals surface area contributed by atoms with Crippen molar-refractivity contribution in [2.24, 2.45) is 5.73 Å². The Bertz CT molecular complexity index is 324. The van der Waals surface area contributed by atoms with E-state index in [1.807, 2.05) is 0 Å². The number of rotatable bonds is 8. The lowest BCUT2D eigenvalue weighted by molar-refractivity contribution is 0.147. The molecule has 0 fully saturated rings. The molecule has 1 unspecified atom stereocenters. The Kier molecular flexibility index (Phi) is 6.94. The summed E-state index contributed by atoms with van der Waals surface area (Å²) < 4.78 is 5.11. The molecule has 0 heterocycles. The topological polar surface area (TPSA) is 38.5 Å². The highest BCUT2D eigenvalue weighted by Crippen LogP contribution is 2.13.